The molecule has 0 bridgehead atoms. The van der Waals surface area contributed by atoms with Gasteiger partial charge < -0.3 is 10.0 Å². The second-order valence-corrected chi connectivity index (χ2v) is 11.2. The quantitative estimate of drug-likeness (QED) is 0.246. The highest BCUT2D eigenvalue weighted by atomic mass is 19.1. The van der Waals surface area contributed by atoms with E-state index in [-0.39, 0.29) is 18.2 Å². The SMILES string of the molecule is CC(n1nnc(CCN2CCN(C(c3ccccc3)c3ccccc3)CC2)n1)C(O)(Cn1cncn1)c1ccc(F)cc1F. The fourth-order valence-corrected chi connectivity index (χ4v) is 5.94. The van der Waals surface area contributed by atoms with E-state index in [0.29, 0.717) is 12.2 Å². The Morgan fingerprint density at radius 3 is 2.20 bits per heavy atom. The lowest BCUT2D eigenvalue weighted by Gasteiger charge is -2.39. The molecule has 228 valence electrons. The Kier molecular flexibility index (Phi) is 8.82. The van der Waals surface area contributed by atoms with Crippen LogP contribution in [0.1, 0.15) is 41.5 Å². The summed E-state index contributed by atoms with van der Waals surface area (Å²) in [6.07, 6.45) is 3.31. The molecule has 1 aliphatic heterocycles. The first-order valence-corrected chi connectivity index (χ1v) is 14.8. The highest BCUT2D eigenvalue weighted by molar-refractivity contribution is 5.32. The fourth-order valence-electron chi connectivity index (χ4n) is 5.94. The summed E-state index contributed by atoms with van der Waals surface area (Å²) in [5, 5.41) is 28.9. The van der Waals surface area contributed by atoms with Crippen molar-refractivity contribution in [1.29, 1.82) is 0 Å². The van der Waals surface area contributed by atoms with E-state index in [4.69, 9.17) is 0 Å². The van der Waals surface area contributed by atoms with Crippen LogP contribution in [0, 0.1) is 11.6 Å². The number of piperazine rings is 1. The van der Waals surface area contributed by atoms with E-state index in [0.717, 1.165) is 44.9 Å². The molecule has 0 aliphatic carbocycles. The lowest BCUT2D eigenvalue weighted by Crippen LogP contribution is -2.48. The zero-order valence-corrected chi connectivity index (χ0v) is 24.5. The number of aromatic nitrogens is 7. The number of halogens is 2. The minimum atomic E-state index is -1.87. The Hall–Kier alpha value is -4.39. The molecule has 1 saturated heterocycles. The van der Waals surface area contributed by atoms with Gasteiger partial charge in [-0.2, -0.15) is 9.90 Å². The number of nitrogens with zero attached hydrogens (tertiary/aromatic N) is 9. The predicted molar refractivity (Wildman–Crippen MR) is 159 cm³/mol. The van der Waals surface area contributed by atoms with Crippen LogP contribution < -0.4 is 0 Å². The summed E-state index contributed by atoms with van der Waals surface area (Å²) in [6, 6.07) is 23.7. The standard InChI is InChI=1S/C32H35F2N9O/c1-24(32(44,21-42-23-35-22-36-42)28-13-12-27(33)20-29(28)34)43-38-30(37-39-43)14-15-40-16-18-41(19-17-40)31(25-8-4-2-5-9-25)26-10-6-3-7-11-26/h2-13,20,22-24,31,44H,14-19,21H2,1H3. The van der Waals surface area contributed by atoms with Gasteiger partial charge in [0.15, 0.2) is 5.82 Å². The highest BCUT2D eigenvalue weighted by Gasteiger charge is 2.41. The van der Waals surface area contributed by atoms with Crippen molar-refractivity contribution in [1.82, 2.24) is 44.8 Å². The molecule has 0 radical (unpaired) electrons. The molecule has 1 fully saturated rings. The average Bonchev–Trinajstić information content (AvgIpc) is 3.74. The lowest BCUT2D eigenvalue weighted by atomic mass is 9.86. The zero-order chi connectivity index (χ0) is 30.5. The van der Waals surface area contributed by atoms with Gasteiger partial charge in [-0.3, -0.25) is 4.90 Å². The third kappa shape index (κ3) is 6.42. The molecule has 5 aromatic rings. The molecule has 0 amide bonds. The molecule has 3 heterocycles. The number of rotatable bonds is 11. The number of aliphatic hydroxyl groups is 1. The van der Waals surface area contributed by atoms with E-state index in [1.807, 2.05) is 12.1 Å². The number of hydrogen-bond acceptors (Lipinski definition) is 8. The van der Waals surface area contributed by atoms with Crippen LogP contribution in [-0.2, 0) is 18.6 Å². The largest absolute Gasteiger partial charge is 0.381 e. The molecule has 12 heteroatoms. The second-order valence-electron chi connectivity index (χ2n) is 11.2. The van der Waals surface area contributed by atoms with Crippen molar-refractivity contribution in [2.45, 2.75) is 37.6 Å². The maximum absolute atomic E-state index is 14.9. The van der Waals surface area contributed by atoms with Crippen molar-refractivity contribution >= 4 is 0 Å². The molecule has 44 heavy (non-hydrogen) atoms. The summed E-state index contributed by atoms with van der Waals surface area (Å²) in [5.41, 5.74) is 0.606. The van der Waals surface area contributed by atoms with Gasteiger partial charge in [0.1, 0.15) is 35.9 Å². The monoisotopic (exact) mass is 599 g/mol. The Morgan fingerprint density at radius 1 is 0.909 bits per heavy atom. The van der Waals surface area contributed by atoms with Gasteiger partial charge in [-0.1, -0.05) is 66.7 Å². The molecular weight excluding hydrogens is 564 g/mol. The molecule has 1 N–H and O–H groups in total. The van der Waals surface area contributed by atoms with Crippen molar-refractivity contribution < 1.29 is 13.9 Å². The van der Waals surface area contributed by atoms with Gasteiger partial charge in [0.2, 0.25) is 0 Å². The van der Waals surface area contributed by atoms with Crippen LogP contribution in [0.4, 0.5) is 8.78 Å². The van der Waals surface area contributed by atoms with Gasteiger partial charge in [0.25, 0.3) is 0 Å². The van der Waals surface area contributed by atoms with Gasteiger partial charge >= 0.3 is 0 Å². The number of tetrazole rings is 1. The second kappa shape index (κ2) is 13.1. The number of benzene rings is 3. The average molecular weight is 600 g/mol. The van der Waals surface area contributed by atoms with Crippen LogP contribution in [0.5, 0.6) is 0 Å². The minimum absolute atomic E-state index is 0.0945. The molecule has 3 aromatic carbocycles. The highest BCUT2D eigenvalue weighted by Crippen LogP contribution is 2.36. The summed E-state index contributed by atoms with van der Waals surface area (Å²) < 4.78 is 30.0. The molecule has 0 spiro atoms. The molecule has 2 aromatic heterocycles. The van der Waals surface area contributed by atoms with Crippen LogP contribution in [0.2, 0.25) is 0 Å². The Bertz CT molecular complexity index is 1590. The predicted octanol–water partition coefficient (Wildman–Crippen LogP) is 3.64. The first-order valence-electron chi connectivity index (χ1n) is 14.8. The van der Waals surface area contributed by atoms with Crippen LogP contribution in [0.3, 0.4) is 0 Å². The van der Waals surface area contributed by atoms with Gasteiger partial charge in [-0.15, -0.1) is 10.2 Å². The van der Waals surface area contributed by atoms with E-state index in [9.17, 15) is 13.9 Å². The molecule has 1 aliphatic rings. The van der Waals surface area contributed by atoms with Crippen LogP contribution in [-0.4, -0.2) is 82.6 Å². The molecule has 2 atom stereocenters. The smallest absolute Gasteiger partial charge is 0.176 e. The van der Waals surface area contributed by atoms with Crippen molar-refractivity contribution in [3.63, 3.8) is 0 Å². The van der Waals surface area contributed by atoms with Crippen LogP contribution >= 0.6 is 0 Å². The number of hydrogen-bond donors (Lipinski definition) is 1. The molecule has 0 saturated carbocycles. The summed E-state index contributed by atoms with van der Waals surface area (Å²) in [7, 11) is 0. The third-order valence-electron chi connectivity index (χ3n) is 8.43. The van der Waals surface area contributed by atoms with Crippen molar-refractivity contribution in [2.24, 2.45) is 0 Å². The van der Waals surface area contributed by atoms with Crippen LogP contribution in [0.25, 0.3) is 0 Å². The van der Waals surface area contributed by atoms with E-state index < -0.39 is 23.3 Å². The normalized spacial score (nSPS) is 16.7. The van der Waals surface area contributed by atoms with Crippen LogP contribution in [0.15, 0.2) is 91.5 Å². The Morgan fingerprint density at radius 2 is 1.59 bits per heavy atom. The topological polar surface area (TPSA) is 101 Å². The Labute approximate surface area is 254 Å². The first-order chi connectivity index (χ1) is 21.4. The molecular formula is C32H35F2N9O. The summed E-state index contributed by atoms with van der Waals surface area (Å²) in [4.78, 5) is 10.1. The van der Waals surface area contributed by atoms with Gasteiger partial charge in [0.05, 0.1) is 12.6 Å². The van der Waals surface area contributed by atoms with E-state index in [1.54, 1.807) is 6.92 Å². The van der Waals surface area contributed by atoms with Gasteiger partial charge in [-0.05, 0) is 29.3 Å². The summed E-state index contributed by atoms with van der Waals surface area (Å²) in [6.45, 7) is 5.93. The zero-order valence-electron chi connectivity index (χ0n) is 24.5. The van der Waals surface area contributed by atoms with Crippen molar-refractivity contribution in [2.75, 3.05) is 32.7 Å². The molecule has 6 rings (SSSR count). The van der Waals surface area contributed by atoms with Crippen molar-refractivity contribution in [3.8, 4) is 0 Å². The van der Waals surface area contributed by atoms with E-state index >= 15 is 0 Å². The molecule has 10 nitrogen and oxygen atoms in total. The lowest BCUT2D eigenvalue weighted by molar-refractivity contribution is -0.0418. The minimum Gasteiger partial charge on any atom is -0.381 e. The summed E-state index contributed by atoms with van der Waals surface area (Å²) in [5.74, 6) is -1.09. The first kappa shape index (κ1) is 29.7. The maximum Gasteiger partial charge on any atom is 0.176 e. The van der Waals surface area contributed by atoms with Crippen molar-refractivity contribution in [3.05, 3.63) is 126 Å². The van der Waals surface area contributed by atoms with E-state index in [1.165, 1.54) is 39.3 Å². The maximum atomic E-state index is 14.9. The fraction of sp³-hybridized carbons (Fsp3) is 0.344. The summed E-state index contributed by atoms with van der Waals surface area (Å²) >= 11 is 0. The van der Waals surface area contributed by atoms with Gasteiger partial charge in [0, 0.05) is 50.8 Å². The Balaban J connectivity index is 1.11. The van der Waals surface area contributed by atoms with E-state index in [2.05, 4.69) is 83.8 Å². The third-order valence-corrected chi connectivity index (χ3v) is 8.43. The van der Waals surface area contributed by atoms with Gasteiger partial charge in [-0.25, -0.2) is 18.4 Å². The molecule has 2 unspecified atom stereocenters.